The lowest BCUT2D eigenvalue weighted by atomic mass is 9.90. The fourth-order valence-corrected chi connectivity index (χ4v) is 1.79. The molecule has 1 aromatic carbocycles. The van der Waals surface area contributed by atoms with E-state index in [-0.39, 0.29) is 5.56 Å². The van der Waals surface area contributed by atoms with E-state index in [2.05, 4.69) is 0 Å². The number of aryl methyl sites for hydroxylation is 2. The van der Waals surface area contributed by atoms with Crippen molar-refractivity contribution < 1.29 is 18.7 Å². The van der Waals surface area contributed by atoms with Gasteiger partial charge in [0.15, 0.2) is 0 Å². The van der Waals surface area contributed by atoms with E-state index in [0.29, 0.717) is 22.3 Å². The van der Waals surface area contributed by atoms with Gasteiger partial charge >= 0.3 is 11.9 Å². The monoisotopic (exact) mass is 228 g/mol. The maximum absolute atomic E-state index is 13.6. The minimum absolute atomic E-state index is 0.343. The van der Waals surface area contributed by atoms with Gasteiger partial charge in [-0.05, 0) is 49.9 Å². The Labute approximate surface area is 92.9 Å². The Morgan fingerprint density at radius 2 is 1.50 bits per heavy atom. The summed E-state index contributed by atoms with van der Waals surface area (Å²) >= 11 is 0. The second-order valence-corrected chi connectivity index (χ2v) is 4.01. The minimum atomic E-state index is -3.83. The number of aliphatic carboxylic acids is 1. The number of rotatable bonds is 2. The van der Waals surface area contributed by atoms with Gasteiger partial charge in [0.25, 0.3) is 0 Å². The van der Waals surface area contributed by atoms with Gasteiger partial charge in [-0.1, -0.05) is 6.07 Å². The van der Waals surface area contributed by atoms with Gasteiger partial charge in [-0.15, -0.1) is 0 Å². The molecule has 0 aliphatic rings. The molecule has 0 bridgehead atoms. The van der Waals surface area contributed by atoms with Crippen molar-refractivity contribution in [3.8, 4) is 0 Å². The standard InChI is InChI=1S/C12H14F2O2/c1-6-5-7(2)9(4)10(8(6)3)12(13,14)11(15)16/h5H,1-4H3,(H,15,16). The lowest BCUT2D eigenvalue weighted by Gasteiger charge is -2.20. The Kier molecular flexibility index (Phi) is 3.03. The molecule has 2 nitrogen and oxygen atoms in total. The highest BCUT2D eigenvalue weighted by atomic mass is 19.3. The number of carboxylic acids is 1. The smallest absolute Gasteiger partial charge is 0.379 e. The maximum Gasteiger partial charge on any atom is 0.379 e. The van der Waals surface area contributed by atoms with E-state index in [4.69, 9.17) is 5.11 Å². The molecule has 0 saturated carbocycles. The topological polar surface area (TPSA) is 37.3 Å². The van der Waals surface area contributed by atoms with E-state index >= 15 is 0 Å². The molecule has 0 aliphatic heterocycles. The van der Waals surface area contributed by atoms with Gasteiger partial charge in [-0.2, -0.15) is 8.78 Å². The lowest BCUT2D eigenvalue weighted by molar-refractivity contribution is -0.166. The SMILES string of the molecule is Cc1cc(C)c(C)c(C(F)(F)C(=O)O)c1C. The summed E-state index contributed by atoms with van der Waals surface area (Å²) in [5.74, 6) is -5.94. The van der Waals surface area contributed by atoms with Crippen LogP contribution in [0.15, 0.2) is 6.07 Å². The van der Waals surface area contributed by atoms with E-state index in [1.165, 1.54) is 13.8 Å². The zero-order chi connectivity index (χ0) is 12.7. The van der Waals surface area contributed by atoms with E-state index in [9.17, 15) is 13.6 Å². The highest BCUT2D eigenvalue weighted by molar-refractivity contribution is 5.79. The number of hydrogen-bond acceptors (Lipinski definition) is 1. The first-order chi connectivity index (χ1) is 7.19. The Morgan fingerprint density at radius 3 is 1.81 bits per heavy atom. The van der Waals surface area contributed by atoms with Gasteiger partial charge < -0.3 is 5.11 Å². The van der Waals surface area contributed by atoms with Crippen LogP contribution in [-0.4, -0.2) is 11.1 Å². The number of carbonyl (C=O) groups is 1. The summed E-state index contributed by atoms with van der Waals surface area (Å²) in [4.78, 5) is 10.6. The van der Waals surface area contributed by atoms with Crippen molar-refractivity contribution in [2.24, 2.45) is 0 Å². The predicted molar refractivity (Wildman–Crippen MR) is 56.9 cm³/mol. The van der Waals surface area contributed by atoms with Crippen molar-refractivity contribution in [1.29, 1.82) is 0 Å². The Morgan fingerprint density at radius 1 is 1.12 bits per heavy atom. The quantitative estimate of drug-likeness (QED) is 0.844. The molecular formula is C12H14F2O2. The molecule has 1 N–H and O–H groups in total. The number of halogens is 2. The van der Waals surface area contributed by atoms with Crippen molar-refractivity contribution in [2.45, 2.75) is 33.6 Å². The van der Waals surface area contributed by atoms with Gasteiger partial charge in [0.1, 0.15) is 0 Å². The van der Waals surface area contributed by atoms with E-state index in [1.807, 2.05) is 0 Å². The summed E-state index contributed by atoms with van der Waals surface area (Å²) in [7, 11) is 0. The number of hydrogen-bond donors (Lipinski definition) is 1. The van der Waals surface area contributed by atoms with E-state index in [1.54, 1.807) is 19.9 Å². The molecule has 0 unspecified atom stereocenters. The van der Waals surface area contributed by atoms with Crippen LogP contribution >= 0.6 is 0 Å². The molecule has 0 saturated heterocycles. The molecule has 1 rings (SSSR count). The second kappa shape index (κ2) is 3.85. The molecule has 0 atom stereocenters. The van der Waals surface area contributed by atoms with Gasteiger partial charge in [-0.25, -0.2) is 4.79 Å². The van der Waals surface area contributed by atoms with Crippen LogP contribution in [0.2, 0.25) is 0 Å². The highest BCUT2D eigenvalue weighted by Crippen LogP contribution is 2.36. The minimum Gasteiger partial charge on any atom is -0.477 e. The predicted octanol–water partition coefficient (Wildman–Crippen LogP) is 3.10. The van der Waals surface area contributed by atoms with Crippen LogP contribution in [0.3, 0.4) is 0 Å². The third-order valence-corrected chi connectivity index (χ3v) is 2.95. The zero-order valence-electron chi connectivity index (χ0n) is 9.69. The van der Waals surface area contributed by atoms with Crippen LogP contribution in [0.5, 0.6) is 0 Å². The third kappa shape index (κ3) is 1.79. The van der Waals surface area contributed by atoms with Crippen molar-refractivity contribution in [3.05, 3.63) is 33.9 Å². The first-order valence-corrected chi connectivity index (χ1v) is 4.88. The van der Waals surface area contributed by atoms with Crippen LogP contribution in [0, 0.1) is 27.7 Å². The van der Waals surface area contributed by atoms with Gasteiger partial charge in [0, 0.05) is 5.56 Å². The Bertz CT molecular complexity index is 425. The summed E-state index contributed by atoms with van der Waals surface area (Å²) < 4.78 is 27.1. The first kappa shape index (κ1) is 12.6. The fraction of sp³-hybridized carbons (Fsp3) is 0.417. The first-order valence-electron chi connectivity index (χ1n) is 4.88. The average molecular weight is 228 g/mol. The lowest BCUT2D eigenvalue weighted by Crippen LogP contribution is -2.28. The molecule has 88 valence electrons. The molecule has 0 aromatic heterocycles. The second-order valence-electron chi connectivity index (χ2n) is 4.01. The molecule has 0 radical (unpaired) electrons. The summed E-state index contributed by atoms with van der Waals surface area (Å²) in [6.07, 6.45) is 0. The largest absolute Gasteiger partial charge is 0.477 e. The van der Waals surface area contributed by atoms with Gasteiger partial charge in [-0.3, -0.25) is 0 Å². The van der Waals surface area contributed by atoms with Gasteiger partial charge in [0.05, 0.1) is 0 Å². The molecule has 0 fully saturated rings. The molecular weight excluding hydrogens is 214 g/mol. The summed E-state index contributed by atoms with van der Waals surface area (Å²) in [5.41, 5.74) is 1.67. The van der Waals surface area contributed by atoms with Crippen LogP contribution in [0.25, 0.3) is 0 Å². The van der Waals surface area contributed by atoms with Crippen LogP contribution in [0.4, 0.5) is 8.78 Å². The summed E-state index contributed by atoms with van der Waals surface area (Å²) in [6, 6.07) is 1.78. The number of alkyl halides is 2. The molecule has 0 spiro atoms. The molecule has 0 aliphatic carbocycles. The van der Waals surface area contributed by atoms with Crippen LogP contribution in [0.1, 0.15) is 27.8 Å². The van der Waals surface area contributed by atoms with Crippen molar-refractivity contribution in [2.75, 3.05) is 0 Å². The number of benzene rings is 1. The Balaban J connectivity index is 3.62. The van der Waals surface area contributed by atoms with Crippen LogP contribution < -0.4 is 0 Å². The highest BCUT2D eigenvalue weighted by Gasteiger charge is 2.43. The van der Waals surface area contributed by atoms with Crippen molar-refractivity contribution in [3.63, 3.8) is 0 Å². The molecule has 16 heavy (non-hydrogen) atoms. The van der Waals surface area contributed by atoms with E-state index in [0.717, 1.165) is 0 Å². The Hall–Kier alpha value is -1.45. The van der Waals surface area contributed by atoms with Crippen molar-refractivity contribution >= 4 is 5.97 Å². The number of carboxylic acid groups (broad SMARTS) is 1. The van der Waals surface area contributed by atoms with E-state index < -0.39 is 11.9 Å². The summed E-state index contributed by atoms with van der Waals surface area (Å²) in [5, 5.41) is 8.58. The van der Waals surface area contributed by atoms with Gasteiger partial charge in [0.2, 0.25) is 0 Å². The average Bonchev–Trinajstić information content (AvgIpc) is 2.14. The zero-order valence-corrected chi connectivity index (χ0v) is 9.69. The molecule has 1 aromatic rings. The maximum atomic E-state index is 13.6. The van der Waals surface area contributed by atoms with Crippen LogP contribution in [-0.2, 0) is 10.7 Å². The third-order valence-electron chi connectivity index (χ3n) is 2.95. The molecule has 0 heterocycles. The fourth-order valence-electron chi connectivity index (χ4n) is 1.79. The molecule has 4 heteroatoms. The molecule has 0 amide bonds. The summed E-state index contributed by atoms with van der Waals surface area (Å²) in [6.45, 7) is 6.44. The normalized spacial score (nSPS) is 11.6. The van der Waals surface area contributed by atoms with Crippen molar-refractivity contribution in [1.82, 2.24) is 0 Å².